The molecule has 0 bridgehead atoms. The molecule has 0 saturated carbocycles. The lowest BCUT2D eigenvalue weighted by Crippen LogP contribution is -2.20. The number of nitrogens with zero attached hydrogens (tertiary/aromatic N) is 4. The summed E-state index contributed by atoms with van der Waals surface area (Å²) in [6.45, 7) is 0. The van der Waals surface area contributed by atoms with Gasteiger partial charge in [-0.25, -0.2) is 0 Å². The Balaban J connectivity index is 1.91. The fraction of sp³-hybridized carbons (Fsp3) is 0.154. The Kier molecular flexibility index (Phi) is 3.97. The average Bonchev–Trinajstić information content (AvgIpc) is 2.89. The van der Waals surface area contributed by atoms with Gasteiger partial charge in [0.05, 0.1) is 4.92 Å². The third-order valence-corrected chi connectivity index (χ3v) is 4.40. The third kappa shape index (κ3) is 3.01. The van der Waals surface area contributed by atoms with Crippen LogP contribution in [0.5, 0.6) is 0 Å². The van der Waals surface area contributed by atoms with Gasteiger partial charge in [-0.05, 0) is 24.1 Å². The van der Waals surface area contributed by atoms with Crippen LogP contribution in [0.4, 0.5) is 11.5 Å². The fourth-order valence-corrected chi connectivity index (χ4v) is 3.08. The number of benzene rings is 1. The molecule has 0 unspecified atom stereocenters. The highest BCUT2D eigenvalue weighted by Gasteiger charge is 2.23. The van der Waals surface area contributed by atoms with Crippen molar-refractivity contribution in [2.75, 3.05) is 5.73 Å². The molecule has 0 atom stereocenters. The van der Waals surface area contributed by atoms with E-state index in [-0.39, 0.29) is 4.96 Å². The van der Waals surface area contributed by atoms with E-state index in [4.69, 9.17) is 17.3 Å². The van der Waals surface area contributed by atoms with Gasteiger partial charge in [-0.15, -0.1) is 0 Å². The van der Waals surface area contributed by atoms with Gasteiger partial charge in [-0.2, -0.15) is 14.6 Å². The SMILES string of the molecule is Nc1nc2sc(CCc3ccc(Cl)cc3)nn2c(=O)c1[N+](=O)[O-]. The number of fused-ring (bicyclic) bond motifs is 1. The first-order valence-corrected chi connectivity index (χ1v) is 7.72. The fourth-order valence-electron chi connectivity index (χ4n) is 2.07. The third-order valence-electron chi connectivity index (χ3n) is 3.18. The molecule has 0 aliphatic rings. The van der Waals surface area contributed by atoms with E-state index in [0.29, 0.717) is 22.9 Å². The molecule has 0 spiro atoms. The summed E-state index contributed by atoms with van der Waals surface area (Å²) >= 11 is 7.01. The lowest BCUT2D eigenvalue weighted by atomic mass is 10.1. The smallest absolute Gasteiger partial charge is 0.377 e. The number of hydrogen-bond donors (Lipinski definition) is 1. The van der Waals surface area contributed by atoms with Crippen LogP contribution in [0.15, 0.2) is 29.1 Å². The second-order valence-electron chi connectivity index (χ2n) is 4.72. The minimum absolute atomic E-state index is 0.240. The summed E-state index contributed by atoms with van der Waals surface area (Å²) in [5, 5.41) is 16.3. The normalized spacial score (nSPS) is 11.0. The van der Waals surface area contributed by atoms with Crippen molar-refractivity contribution < 1.29 is 4.92 Å². The van der Waals surface area contributed by atoms with E-state index in [2.05, 4.69) is 10.1 Å². The molecule has 0 radical (unpaired) electrons. The first-order chi connectivity index (χ1) is 11.0. The van der Waals surface area contributed by atoms with E-state index in [1.807, 2.05) is 12.1 Å². The van der Waals surface area contributed by atoms with Gasteiger partial charge >= 0.3 is 11.2 Å². The number of aryl methyl sites for hydroxylation is 2. The van der Waals surface area contributed by atoms with Gasteiger partial charge in [0, 0.05) is 11.4 Å². The van der Waals surface area contributed by atoms with Crippen molar-refractivity contribution in [3.63, 3.8) is 0 Å². The maximum Gasteiger partial charge on any atom is 0.377 e. The van der Waals surface area contributed by atoms with Gasteiger partial charge in [0.2, 0.25) is 10.8 Å². The molecular formula is C13H10ClN5O3S. The minimum atomic E-state index is -0.869. The number of hydrogen-bond acceptors (Lipinski definition) is 7. The number of nitrogen functional groups attached to an aromatic ring is 1. The summed E-state index contributed by atoms with van der Waals surface area (Å²) in [4.78, 5) is 26.2. The van der Waals surface area contributed by atoms with Crippen LogP contribution in [0.2, 0.25) is 5.02 Å². The van der Waals surface area contributed by atoms with E-state index in [1.165, 1.54) is 11.3 Å². The van der Waals surface area contributed by atoms with E-state index in [0.717, 1.165) is 10.1 Å². The zero-order valence-corrected chi connectivity index (χ0v) is 13.2. The van der Waals surface area contributed by atoms with E-state index in [9.17, 15) is 14.9 Å². The number of nitrogens with two attached hydrogens (primary N) is 1. The first-order valence-electron chi connectivity index (χ1n) is 6.53. The van der Waals surface area contributed by atoms with Crippen molar-refractivity contribution >= 4 is 39.4 Å². The molecule has 0 amide bonds. The van der Waals surface area contributed by atoms with Crippen molar-refractivity contribution in [3.05, 3.63) is 60.3 Å². The van der Waals surface area contributed by atoms with Crippen LogP contribution < -0.4 is 11.3 Å². The molecule has 0 fully saturated rings. The van der Waals surface area contributed by atoms with Gasteiger partial charge in [0.15, 0.2) is 0 Å². The minimum Gasteiger partial charge on any atom is -0.378 e. The molecule has 8 nitrogen and oxygen atoms in total. The molecule has 2 heterocycles. The first kappa shape index (κ1) is 15.4. The lowest BCUT2D eigenvalue weighted by Gasteiger charge is -1.98. The molecule has 1 aromatic carbocycles. The Morgan fingerprint density at radius 1 is 1.30 bits per heavy atom. The van der Waals surface area contributed by atoms with E-state index in [1.54, 1.807) is 12.1 Å². The second kappa shape index (κ2) is 5.94. The standard InChI is InChI=1S/C13H10ClN5O3S/c14-8-4-1-7(2-5-8)3-6-9-17-18-12(20)10(19(21)22)11(15)16-13(18)23-9/h1-2,4-5H,3,6,15H2. The van der Waals surface area contributed by atoms with Gasteiger partial charge in [-0.1, -0.05) is 35.1 Å². The van der Waals surface area contributed by atoms with Crippen LogP contribution in [0.3, 0.4) is 0 Å². The highest BCUT2D eigenvalue weighted by molar-refractivity contribution is 7.16. The molecule has 0 aliphatic carbocycles. The largest absolute Gasteiger partial charge is 0.378 e. The molecule has 2 N–H and O–H groups in total. The number of rotatable bonds is 4. The summed E-state index contributed by atoms with van der Waals surface area (Å²) in [7, 11) is 0. The number of anilines is 1. The van der Waals surface area contributed by atoms with Crippen molar-refractivity contribution in [1.82, 2.24) is 14.6 Å². The Hall–Kier alpha value is -2.52. The van der Waals surface area contributed by atoms with Gasteiger partial charge in [-0.3, -0.25) is 14.9 Å². The van der Waals surface area contributed by atoms with Crippen molar-refractivity contribution in [2.45, 2.75) is 12.8 Å². The number of halogens is 1. The summed E-state index contributed by atoms with van der Waals surface area (Å²) in [6, 6.07) is 7.41. The van der Waals surface area contributed by atoms with E-state index >= 15 is 0 Å². The quantitative estimate of drug-likeness (QED) is 0.568. The topological polar surface area (TPSA) is 116 Å². The highest BCUT2D eigenvalue weighted by atomic mass is 35.5. The average molecular weight is 352 g/mol. The zero-order chi connectivity index (χ0) is 16.6. The maximum absolute atomic E-state index is 12.0. The van der Waals surface area contributed by atoms with Crippen molar-refractivity contribution in [2.24, 2.45) is 0 Å². The number of aromatic nitrogens is 3. The summed E-state index contributed by atoms with van der Waals surface area (Å²) < 4.78 is 0.927. The van der Waals surface area contributed by atoms with E-state index < -0.39 is 22.0 Å². The Labute approximate surface area is 138 Å². The molecule has 118 valence electrons. The van der Waals surface area contributed by atoms with Crippen LogP contribution in [0.25, 0.3) is 4.96 Å². The predicted molar refractivity (Wildman–Crippen MR) is 87.1 cm³/mol. The Morgan fingerprint density at radius 2 is 2.00 bits per heavy atom. The number of nitro groups is 1. The van der Waals surface area contributed by atoms with Crippen LogP contribution in [0, 0.1) is 10.1 Å². The van der Waals surface area contributed by atoms with Gasteiger partial charge < -0.3 is 5.73 Å². The summed E-state index contributed by atoms with van der Waals surface area (Å²) in [5.74, 6) is -0.395. The summed E-state index contributed by atoms with van der Waals surface area (Å²) in [5.41, 5.74) is 4.92. The van der Waals surface area contributed by atoms with Crippen molar-refractivity contribution in [3.8, 4) is 0 Å². The lowest BCUT2D eigenvalue weighted by molar-refractivity contribution is -0.385. The molecule has 10 heteroatoms. The van der Waals surface area contributed by atoms with Gasteiger partial charge in [0.1, 0.15) is 5.01 Å². The molecule has 3 aromatic rings. The molecule has 0 aliphatic heterocycles. The maximum atomic E-state index is 12.0. The Bertz CT molecular complexity index is 951. The zero-order valence-electron chi connectivity index (χ0n) is 11.6. The van der Waals surface area contributed by atoms with Crippen LogP contribution >= 0.6 is 22.9 Å². The Morgan fingerprint density at radius 3 is 2.65 bits per heavy atom. The molecule has 0 saturated heterocycles. The predicted octanol–water partition coefficient (Wildman–Crippen LogP) is 2.08. The van der Waals surface area contributed by atoms with Gasteiger partial charge in [0.25, 0.3) is 0 Å². The molecule has 23 heavy (non-hydrogen) atoms. The van der Waals surface area contributed by atoms with Crippen LogP contribution in [0.1, 0.15) is 10.6 Å². The molecular weight excluding hydrogens is 342 g/mol. The van der Waals surface area contributed by atoms with Crippen molar-refractivity contribution in [1.29, 1.82) is 0 Å². The van der Waals surface area contributed by atoms with Crippen LogP contribution in [-0.2, 0) is 12.8 Å². The monoisotopic (exact) mass is 351 g/mol. The molecule has 3 rings (SSSR count). The highest BCUT2D eigenvalue weighted by Crippen LogP contribution is 2.19. The molecule has 2 aromatic heterocycles. The summed E-state index contributed by atoms with van der Waals surface area (Å²) in [6.07, 6.45) is 1.27. The second-order valence-corrected chi connectivity index (χ2v) is 6.20. The van der Waals surface area contributed by atoms with Crippen LogP contribution in [-0.4, -0.2) is 19.5 Å².